The van der Waals surface area contributed by atoms with E-state index in [1.807, 2.05) is 74.8 Å². The summed E-state index contributed by atoms with van der Waals surface area (Å²) in [6, 6.07) is 28.1. The summed E-state index contributed by atoms with van der Waals surface area (Å²) in [6.07, 6.45) is 1.14. The molecule has 3 rings (SSSR count). The molecule has 0 spiro atoms. The van der Waals surface area contributed by atoms with Crippen LogP contribution in [0.4, 0.5) is 5.69 Å². The van der Waals surface area contributed by atoms with Crippen LogP contribution < -0.4 is 15.4 Å². The molecule has 3 aromatic carbocycles. The predicted molar refractivity (Wildman–Crippen MR) is 131 cm³/mol. The van der Waals surface area contributed by atoms with Crippen LogP contribution in [0.3, 0.4) is 0 Å². The molecule has 5 heteroatoms. The van der Waals surface area contributed by atoms with Gasteiger partial charge in [-0.3, -0.25) is 4.79 Å². The molecule has 0 heterocycles. The van der Waals surface area contributed by atoms with E-state index in [1.165, 1.54) is 5.56 Å². The van der Waals surface area contributed by atoms with Crippen molar-refractivity contribution in [2.24, 2.45) is 0 Å². The number of ether oxygens (including phenoxy) is 1. The minimum absolute atomic E-state index is 0.0209. The van der Waals surface area contributed by atoms with E-state index in [9.17, 15) is 4.79 Å². The van der Waals surface area contributed by atoms with Gasteiger partial charge in [0.15, 0.2) is 0 Å². The van der Waals surface area contributed by atoms with Crippen LogP contribution in [-0.4, -0.2) is 38.0 Å². The molecule has 168 valence electrons. The third-order valence-electron chi connectivity index (χ3n) is 5.27. The molecule has 0 aromatic heterocycles. The van der Waals surface area contributed by atoms with Gasteiger partial charge in [0.05, 0.1) is 5.69 Å². The molecular formula is C27H33N3O2. The van der Waals surface area contributed by atoms with Gasteiger partial charge in [-0.1, -0.05) is 72.8 Å². The maximum absolute atomic E-state index is 12.6. The number of para-hydroxylation sites is 2. The summed E-state index contributed by atoms with van der Waals surface area (Å²) in [5.74, 6) is 0.663. The monoisotopic (exact) mass is 431 g/mol. The number of carbonyl (C=O) groups is 1. The van der Waals surface area contributed by atoms with Crippen molar-refractivity contribution in [3.05, 3.63) is 96.1 Å². The number of hydrogen-bond donors (Lipinski definition) is 2. The largest absolute Gasteiger partial charge is 0.484 e. The Bertz CT molecular complexity index is 947. The highest BCUT2D eigenvalue weighted by atomic mass is 16.5. The van der Waals surface area contributed by atoms with E-state index in [0.29, 0.717) is 24.4 Å². The topological polar surface area (TPSA) is 53.6 Å². The van der Waals surface area contributed by atoms with Crippen LogP contribution >= 0.6 is 0 Å². The van der Waals surface area contributed by atoms with E-state index in [1.54, 1.807) is 0 Å². The number of nitrogens with one attached hydrogen (secondary N) is 2. The van der Waals surface area contributed by atoms with Crippen molar-refractivity contribution in [3.63, 3.8) is 0 Å². The molecule has 0 aliphatic heterocycles. The number of carbonyl (C=O) groups excluding carboxylic acids is 1. The van der Waals surface area contributed by atoms with Crippen LogP contribution in [0.1, 0.15) is 30.1 Å². The quantitative estimate of drug-likeness (QED) is 0.429. The Morgan fingerprint density at radius 3 is 2.31 bits per heavy atom. The fourth-order valence-electron chi connectivity index (χ4n) is 3.54. The highest BCUT2D eigenvalue weighted by Crippen LogP contribution is 2.30. The molecule has 0 radical (unpaired) electrons. The third-order valence-corrected chi connectivity index (χ3v) is 5.27. The molecule has 0 aliphatic rings. The molecule has 5 nitrogen and oxygen atoms in total. The summed E-state index contributed by atoms with van der Waals surface area (Å²) >= 11 is 0. The minimum atomic E-state index is -0.0984. The Balaban J connectivity index is 1.59. The van der Waals surface area contributed by atoms with Crippen LogP contribution in [0.25, 0.3) is 0 Å². The zero-order chi connectivity index (χ0) is 22.6. The Labute approximate surface area is 191 Å². The maximum atomic E-state index is 12.6. The van der Waals surface area contributed by atoms with E-state index in [2.05, 4.69) is 39.8 Å². The van der Waals surface area contributed by atoms with Gasteiger partial charge in [-0.15, -0.1) is 0 Å². The van der Waals surface area contributed by atoms with Gasteiger partial charge >= 0.3 is 0 Å². The summed E-state index contributed by atoms with van der Waals surface area (Å²) in [5.41, 5.74) is 3.06. The highest BCUT2D eigenvalue weighted by molar-refractivity contribution is 5.92. The van der Waals surface area contributed by atoms with Gasteiger partial charge in [0.2, 0.25) is 5.91 Å². The molecule has 0 bridgehead atoms. The summed E-state index contributed by atoms with van der Waals surface area (Å²) < 4.78 is 6.37. The second-order valence-corrected chi connectivity index (χ2v) is 7.93. The lowest BCUT2D eigenvalue weighted by molar-refractivity contribution is -0.116. The van der Waals surface area contributed by atoms with E-state index in [4.69, 9.17) is 4.74 Å². The Morgan fingerprint density at radius 2 is 1.59 bits per heavy atom. The van der Waals surface area contributed by atoms with E-state index >= 15 is 0 Å². The molecule has 1 atom stereocenters. The van der Waals surface area contributed by atoms with Crippen molar-refractivity contribution >= 4 is 11.6 Å². The van der Waals surface area contributed by atoms with E-state index < -0.39 is 0 Å². The SMILES string of the molecule is CNCCC(Oc1ccccc1NC(=O)CCN(C)Cc1ccccc1)c1ccccc1. The standard InChI is InChI=1S/C27H33N3O2/c1-28-19-17-25(23-13-7-4-8-14-23)32-26-16-10-9-15-24(26)29-27(31)18-20-30(2)21-22-11-5-3-6-12-22/h3-16,25,28H,17-21H2,1-2H3,(H,29,31). The van der Waals surface area contributed by atoms with Crippen molar-refractivity contribution in [3.8, 4) is 5.75 Å². The lowest BCUT2D eigenvalue weighted by Crippen LogP contribution is -2.24. The van der Waals surface area contributed by atoms with Crippen molar-refractivity contribution < 1.29 is 9.53 Å². The Hall–Kier alpha value is -3.15. The van der Waals surface area contributed by atoms with Gasteiger partial charge in [-0.05, 0) is 43.9 Å². The lowest BCUT2D eigenvalue weighted by atomic mass is 10.1. The maximum Gasteiger partial charge on any atom is 0.225 e. The van der Waals surface area contributed by atoms with Crippen LogP contribution in [0.15, 0.2) is 84.9 Å². The van der Waals surface area contributed by atoms with Crippen molar-refractivity contribution in [2.45, 2.75) is 25.5 Å². The fraction of sp³-hybridized carbons (Fsp3) is 0.296. The first-order chi connectivity index (χ1) is 15.7. The zero-order valence-corrected chi connectivity index (χ0v) is 19.0. The fourth-order valence-corrected chi connectivity index (χ4v) is 3.54. The highest BCUT2D eigenvalue weighted by Gasteiger charge is 2.16. The number of rotatable bonds is 12. The second-order valence-electron chi connectivity index (χ2n) is 7.93. The summed E-state index contributed by atoms with van der Waals surface area (Å²) in [5, 5.41) is 6.23. The third kappa shape index (κ3) is 7.52. The van der Waals surface area contributed by atoms with Gasteiger partial charge in [0, 0.05) is 25.9 Å². The van der Waals surface area contributed by atoms with Crippen LogP contribution in [0.2, 0.25) is 0 Å². The first kappa shape index (κ1) is 23.5. The van der Waals surface area contributed by atoms with Gasteiger partial charge in [0.25, 0.3) is 0 Å². The number of amides is 1. The molecule has 1 amide bonds. The summed E-state index contributed by atoms with van der Waals surface area (Å²) in [4.78, 5) is 14.8. The molecule has 3 aromatic rings. The number of anilines is 1. The summed E-state index contributed by atoms with van der Waals surface area (Å²) in [6.45, 7) is 2.33. The van der Waals surface area contributed by atoms with Crippen LogP contribution in [-0.2, 0) is 11.3 Å². The minimum Gasteiger partial charge on any atom is -0.484 e. The van der Waals surface area contributed by atoms with Crippen molar-refractivity contribution in [1.82, 2.24) is 10.2 Å². The molecule has 32 heavy (non-hydrogen) atoms. The molecule has 1 unspecified atom stereocenters. The zero-order valence-electron chi connectivity index (χ0n) is 19.0. The number of benzene rings is 3. The van der Waals surface area contributed by atoms with Crippen LogP contribution in [0.5, 0.6) is 5.75 Å². The number of hydrogen-bond acceptors (Lipinski definition) is 4. The normalized spacial score (nSPS) is 11.8. The smallest absolute Gasteiger partial charge is 0.225 e. The average Bonchev–Trinajstić information content (AvgIpc) is 2.82. The Kier molecular flexibility index (Phi) is 9.29. The van der Waals surface area contributed by atoms with Crippen molar-refractivity contribution in [2.75, 3.05) is 32.5 Å². The lowest BCUT2D eigenvalue weighted by Gasteiger charge is -2.22. The first-order valence-electron chi connectivity index (χ1n) is 11.1. The number of nitrogens with zero attached hydrogens (tertiary/aromatic N) is 1. The molecule has 0 fully saturated rings. The Morgan fingerprint density at radius 1 is 0.938 bits per heavy atom. The second kappa shape index (κ2) is 12.6. The van der Waals surface area contributed by atoms with Crippen LogP contribution in [0, 0.1) is 0 Å². The van der Waals surface area contributed by atoms with E-state index in [0.717, 1.165) is 25.1 Å². The predicted octanol–water partition coefficient (Wildman–Crippen LogP) is 4.88. The first-order valence-corrected chi connectivity index (χ1v) is 11.1. The van der Waals surface area contributed by atoms with Gasteiger partial charge in [-0.25, -0.2) is 0 Å². The van der Waals surface area contributed by atoms with E-state index in [-0.39, 0.29) is 12.0 Å². The van der Waals surface area contributed by atoms with Gasteiger partial charge in [0.1, 0.15) is 11.9 Å². The van der Waals surface area contributed by atoms with Gasteiger partial charge < -0.3 is 20.3 Å². The molecule has 2 N–H and O–H groups in total. The summed E-state index contributed by atoms with van der Waals surface area (Å²) in [7, 11) is 3.97. The van der Waals surface area contributed by atoms with Crippen molar-refractivity contribution in [1.29, 1.82) is 0 Å². The molecule has 0 saturated heterocycles. The van der Waals surface area contributed by atoms with Gasteiger partial charge in [-0.2, -0.15) is 0 Å². The molecule has 0 aliphatic carbocycles. The molecular weight excluding hydrogens is 398 g/mol. The molecule has 0 saturated carbocycles. The average molecular weight is 432 g/mol.